The Morgan fingerprint density at radius 2 is 1.96 bits per heavy atom. The maximum atomic E-state index is 5.90. The van der Waals surface area contributed by atoms with E-state index in [0.717, 1.165) is 35.9 Å². The summed E-state index contributed by atoms with van der Waals surface area (Å²) in [6.07, 6.45) is 7.97. The van der Waals surface area contributed by atoms with Crippen LogP contribution in [0.3, 0.4) is 0 Å². The number of nitrogens with one attached hydrogen (secondary N) is 1. The van der Waals surface area contributed by atoms with Crippen LogP contribution in [0.4, 0.5) is 0 Å². The van der Waals surface area contributed by atoms with Gasteiger partial charge in [-0.25, -0.2) is 0 Å². The first-order chi connectivity index (χ1) is 12.4. The number of thioether (sulfide) groups is 1. The van der Waals surface area contributed by atoms with Crippen molar-refractivity contribution in [2.75, 3.05) is 18.2 Å². The molecule has 0 bridgehead atoms. The number of aryl methyl sites for hydroxylation is 2. The van der Waals surface area contributed by atoms with E-state index in [9.17, 15) is 0 Å². The molecule has 0 atom stereocenters. The normalized spacial score (nSPS) is 18.0. The predicted molar refractivity (Wildman–Crippen MR) is 105 cm³/mol. The molecule has 0 spiro atoms. The highest BCUT2D eigenvalue weighted by Gasteiger charge is 2.11. The van der Waals surface area contributed by atoms with Gasteiger partial charge < -0.3 is 10.1 Å². The lowest BCUT2D eigenvalue weighted by molar-refractivity contribution is 0.320. The van der Waals surface area contributed by atoms with Crippen LogP contribution in [0.15, 0.2) is 42.1 Å². The number of hydrogen-bond acceptors (Lipinski definition) is 4. The lowest BCUT2D eigenvalue weighted by Crippen LogP contribution is -2.09. The molecule has 1 N–H and O–H groups in total. The predicted octanol–water partition coefficient (Wildman–Crippen LogP) is 4.22. The van der Waals surface area contributed by atoms with Gasteiger partial charge in [0, 0.05) is 29.3 Å². The van der Waals surface area contributed by atoms with E-state index in [2.05, 4.69) is 47.8 Å². The Balaban J connectivity index is 1.30. The van der Waals surface area contributed by atoms with Crippen LogP contribution in [-0.2, 0) is 19.3 Å². The van der Waals surface area contributed by atoms with Crippen molar-refractivity contribution < 1.29 is 4.74 Å². The third-order valence-corrected chi connectivity index (χ3v) is 5.61. The van der Waals surface area contributed by atoms with Crippen molar-refractivity contribution in [3.8, 4) is 5.75 Å². The Morgan fingerprint density at radius 3 is 2.80 bits per heavy atom. The fourth-order valence-electron chi connectivity index (χ4n) is 3.35. The van der Waals surface area contributed by atoms with Gasteiger partial charge in [-0.3, -0.25) is 4.98 Å². The highest BCUT2D eigenvalue weighted by Crippen LogP contribution is 2.21. The van der Waals surface area contributed by atoms with Crippen molar-refractivity contribution in [3.63, 3.8) is 0 Å². The molecule has 0 radical (unpaired) electrons. The van der Waals surface area contributed by atoms with Crippen LogP contribution in [0.2, 0.25) is 0 Å². The first-order valence-corrected chi connectivity index (χ1v) is 10.2. The summed E-state index contributed by atoms with van der Waals surface area (Å²) in [5, 5.41) is 3.38. The summed E-state index contributed by atoms with van der Waals surface area (Å²) < 4.78 is 5.90. The molecule has 2 aliphatic rings. The summed E-state index contributed by atoms with van der Waals surface area (Å²) >= 11 is 1.91. The maximum Gasteiger partial charge on any atom is 0.119 e. The number of rotatable bonds is 5. The molecule has 2 heterocycles. The smallest absolute Gasteiger partial charge is 0.119 e. The molecular weight excluding hydrogens is 328 g/mol. The standard InChI is InChI=1S/C21H24N2OS/c1-2-4-21-17(3-1)7-8-18(23-21)11-12-24-20-9-5-16(6-10-20)13-19-14-25-15-22-19/h5-10,13,22H,1-4,11-12,14-15H2. The van der Waals surface area contributed by atoms with Crippen LogP contribution in [-0.4, -0.2) is 23.2 Å². The van der Waals surface area contributed by atoms with Crippen molar-refractivity contribution >= 4 is 17.8 Å². The summed E-state index contributed by atoms with van der Waals surface area (Å²) in [6, 6.07) is 12.8. The Bertz CT molecular complexity index is 747. The molecule has 1 fully saturated rings. The van der Waals surface area contributed by atoms with Gasteiger partial charge in [-0.1, -0.05) is 18.2 Å². The second-order valence-corrected chi connectivity index (χ2v) is 7.61. The van der Waals surface area contributed by atoms with E-state index < -0.39 is 0 Å². The SMILES string of the molecule is C(=C1CSCN1)c1ccc(OCCc2ccc3c(n2)CCCC3)cc1. The fourth-order valence-corrected chi connectivity index (χ4v) is 4.14. The van der Waals surface area contributed by atoms with Crippen molar-refractivity contribution in [1.29, 1.82) is 0 Å². The average molecular weight is 353 g/mol. The molecule has 1 saturated heterocycles. The largest absolute Gasteiger partial charge is 0.493 e. The first-order valence-electron chi connectivity index (χ1n) is 9.09. The molecule has 1 aromatic carbocycles. The molecule has 0 unspecified atom stereocenters. The zero-order valence-electron chi connectivity index (χ0n) is 14.5. The molecule has 1 aliphatic heterocycles. The minimum absolute atomic E-state index is 0.671. The van der Waals surface area contributed by atoms with Gasteiger partial charge in [0.05, 0.1) is 12.5 Å². The third-order valence-electron chi connectivity index (χ3n) is 4.74. The monoisotopic (exact) mass is 352 g/mol. The second-order valence-electron chi connectivity index (χ2n) is 6.62. The number of benzene rings is 1. The molecule has 1 aromatic heterocycles. The van der Waals surface area contributed by atoms with Crippen molar-refractivity contribution in [3.05, 3.63) is 64.6 Å². The summed E-state index contributed by atoms with van der Waals surface area (Å²) in [7, 11) is 0. The molecule has 1 aliphatic carbocycles. The lowest BCUT2D eigenvalue weighted by Gasteiger charge is -2.15. The number of pyridine rings is 1. The van der Waals surface area contributed by atoms with Gasteiger partial charge in [-0.05, 0) is 61.1 Å². The number of fused-ring (bicyclic) bond motifs is 1. The topological polar surface area (TPSA) is 34.1 Å². The molecule has 0 saturated carbocycles. The van der Waals surface area contributed by atoms with Crippen molar-refractivity contribution in [2.45, 2.75) is 32.1 Å². The van der Waals surface area contributed by atoms with Crippen molar-refractivity contribution in [2.24, 2.45) is 0 Å². The van der Waals surface area contributed by atoms with Crippen LogP contribution in [0.5, 0.6) is 5.75 Å². The van der Waals surface area contributed by atoms with Gasteiger partial charge >= 0.3 is 0 Å². The minimum Gasteiger partial charge on any atom is -0.493 e. The molecule has 130 valence electrons. The number of hydrogen-bond donors (Lipinski definition) is 1. The number of aromatic nitrogens is 1. The van der Waals surface area contributed by atoms with E-state index in [4.69, 9.17) is 9.72 Å². The molecule has 25 heavy (non-hydrogen) atoms. The first kappa shape index (κ1) is 16.5. The molecule has 4 heteroatoms. The average Bonchev–Trinajstić information content (AvgIpc) is 3.16. The van der Waals surface area contributed by atoms with Gasteiger partial charge in [-0.2, -0.15) is 0 Å². The molecular formula is C21H24N2OS. The Kier molecular flexibility index (Phi) is 5.26. The minimum atomic E-state index is 0.671. The summed E-state index contributed by atoms with van der Waals surface area (Å²) in [5.74, 6) is 3.02. The van der Waals surface area contributed by atoms with Crippen LogP contribution < -0.4 is 10.1 Å². The Morgan fingerprint density at radius 1 is 1.08 bits per heavy atom. The van der Waals surface area contributed by atoms with Gasteiger partial charge in [0.15, 0.2) is 0 Å². The molecule has 4 rings (SSSR count). The van der Waals surface area contributed by atoms with Crippen LogP contribution >= 0.6 is 11.8 Å². The highest BCUT2D eigenvalue weighted by molar-refractivity contribution is 7.99. The van der Waals surface area contributed by atoms with Crippen LogP contribution in [0, 0.1) is 0 Å². The second kappa shape index (κ2) is 7.96. The summed E-state index contributed by atoms with van der Waals surface area (Å²) in [4.78, 5) is 4.82. The molecule has 2 aromatic rings. The van der Waals surface area contributed by atoms with E-state index in [1.807, 2.05) is 11.8 Å². The van der Waals surface area contributed by atoms with Crippen molar-refractivity contribution in [1.82, 2.24) is 10.3 Å². The summed E-state index contributed by atoms with van der Waals surface area (Å²) in [6.45, 7) is 0.671. The highest BCUT2D eigenvalue weighted by atomic mass is 32.2. The van der Waals surface area contributed by atoms with Gasteiger partial charge in [-0.15, -0.1) is 11.8 Å². The summed E-state index contributed by atoms with van der Waals surface area (Å²) in [5.41, 5.74) is 6.41. The fraction of sp³-hybridized carbons (Fsp3) is 0.381. The number of nitrogens with zero attached hydrogens (tertiary/aromatic N) is 1. The Hall–Kier alpha value is -1.94. The van der Waals surface area contributed by atoms with Crippen LogP contribution in [0.1, 0.15) is 35.4 Å². The van der Waals surface area contributed by atoms with E-state index in [-0.39, 0.29) is 0 Å². The van der Waals surface area contributed by atoms with E-state index in [1.54, 1.807) is 0 Å². The van der Waals surface area contributed by atoms with E-state index in [1.165, 1.54) is 41.8 Å². The number of ether oxygens (including phenoxy) is 1. The maximum absolute atomic E-state index is 5.90. The third kappa shape index (κ3) is 4.37. The van der Waals surface area contributed by atoms with Gasteiger partial charge in [0.1, 0.15) is 5.75 Å². The quantitative estimate of drug-likeness (QED) is 0.874. The van der Waals surface area contributed by atoms with E-state index >= 15 is 0 Å². The van der Waals surface area contributed by atoms with Crippen LogP contribution in [0.25, 0.3) is 6.08 Å². The van der Waals surface area contributed by atoms with E-state index in [0.29, 0.717) is 6.61 Å². The molecule has 3 nitrogen and oxygen atoms in total. The van der Waals surface area contributed by atoms with Gasteiger partial charge in [0.25, 0.3) is 0 Å². The Labute approximate surface area is 153 Å². The zero-order valence-corrected chi connectivity index (χ0v) is 15.3. The molecule has 0 amide bonds. The van der Waals surface area contributed by atoms with Gasteiger partial charge in [0.2, 0.25) is 0 Å². The lowest BCUT2D eigenvalue weighted by atomic mass is 9.96. The zero-order chi connectivity index (χ0) is 16.9.